The van der Waals surface area contributed by atoms with E-state index >= 15 is 0 Å². The van der Waals surface area contributed by atoms with Crippen LogP contribution in [0.2, 0.25) is 0 Å². The van der Waals surface area contributed by atoms with Gasteiger partial charge in [-0.25, -0.2) is 19.1 Å². The summed E-state index contributed by atoms with van der Waals surface area (Å²) in [4.78, 5) is 16.4. The van der Waals surface area contributed by atoms with Gasteiger partial charge < -0.3 is 4.74 Å². The average molecular weight is 351 g/mol. The number of rotatable bonds is 3. The van der Waals surface area contributed by atoms with Crippen LogP contribution in [0.5, 0.6) is 0 Å². The second-order valence-electron chi connectivity index (χ2n) is 6.37. The van der Waals surface area contributed by atoms with Gasteiger partial charge in [-0.15, -0.1) is 0 Å². The molecule has 3 rings (SSSR count). The molecule has 3 aromatic rings. The summed E-state index contributed by atoms with van der Waals surface area (Å²) in [5.41, 5.74) is 0.0861. The molecule has 0 unspecified atom stereocenters. The molecule has 0 radical (unpaired) electrons. The number of amides is 1. The zero-order chi connectivity index (χ0) is 18.7. The molecule has 0 aliphatic heterocycles. The Morgan fingerprint density at radius 3 is 2.38 bits per heavy atom. The standard InChI is InChI=1S/C17H17N7O2/c1-17(2,3)26-16(25)22-14-10-13(23-8-4-6-19-23)12(11-18)15(21-14)24-9-5-7-20-24/h4-10H,1-3H3,(H,21,22,25). The summed E-state index contributed by atoms with van der Waals surface area (Å²) >= 11 is 0. The molecule has 0 atom stereocenters. The van der Waals surface area contributed by atoms with Crippen LogP contribution < -0.4 is 5.32 Å². The zero-order valence-electron chi connectivity index (χ0n) is 14.5. The SMILES string of the molecule is CC(C)(C)OC(=O)Nc1cc(-n2cccn2)c(C#N)c(-n2cccn2)n1. The normalized spacial score (nSPS) is 11.0. The van der Waals surface area contributed by atoms with Crippen LogP contribution in [0.25, 0.3) is 11.5 Å². The molecule has 26 heavy (non-hydrogen) atoms. The van der Waals surface area contributed by atoms with E-state index in [0.717, 1.165) is 0 Å². The summed E-state index contributed by atoms with van der Waals surface area (Å²) in [6, 6.07) is 7.13. The van der Waals surface area contributed by atoms with Gasteiger partial charge in [0.1, 0.15) is 23.1 Å². The maximum absolute atomic E-state index is 12.1. The van der Waals surface area contributed by atoms with E-state index in [0.29, 0.717) is 5.69 Å². The molecule has 0 fully saturated rings. The molecule has 9 heteroatoms. The van der Waals surface area contributed by atoms with Crippen LogP contribution in [0.4, 0.5) is 10.6 Å². The van der Waals surface area contributed by atoms with Crippen molar-refractivity contribution in [1.29, 1.82) is 5.26 Å². The second kappa shape index (κ2) is 6.68. The first kappa shape index (κ1) is 17.2. The Bertz CT molecular complexity index is 893. The van der Waals surface area contributed by atoms with Gasteiger partial charge in [-0.2, -0.15) is 15.5 Å². The number of anilines is 1. The van der Waals surface area contributed by atoms with Gasteiger partial charge in [0.25, 0.3) is 0 Å². The van der Waals surface area contributed by atoms with Crippen molar-refractivity contribution < 1.29 is 9.53 Å². The van der Waals surface area contributed by atoms with E-state index in [1.165, 1.54) is 9.36 Å². The van der Waals surface area contributed by atoms with Crippen LogP contribution in [0.15, 0.2) is 43.0 Å². The Balaban J connectivity index is 2.09. The summed E-state index contributed by atoms with van der Waals surface area (Å²) in [5.74, 6) is 0.491. The van der Waals surface area contributed by atoms with Crippen LogP contribution >= 0.6 is 0 Å². The van der Waals surface area contributed by atoms with Crippen molar-refractivity contribution in [1.82, 2.24) is 24.5 Å². The lowest BCUT2D eigenvalue weighted by Gasteiger charge is -2.20. The highest BCUT2D eigenvalue weighted by atomic mass is 16.6. The van der Waals surface area contributed by atoms with E-state index in [1.54, 1.807) is 63.8 Å². The molecule has 0 aliphatic rings. The lowest BCUT2D eigenvalue weighted by Crippen LogP contribution is -2.27. The van der Waals surface area contributed by atoms with Gasteiger partial charge in [-0.05, 0) is 32.9 Å². The van der Waals surface area contributed by atoms with E-state index in [2.05, 4.69) is 26.6 Å². The largest absolute Gasteiger partial charge is 0.444 e. The van der Waals surface area contributed by atoms with E-state index in [4.69, 9.17) is 4.74 Å². The van der Waals surface area contributed by atoms with Crippen molar-refractivity contribution in [3.63, 3.8) is 0 Å². The molecule has 132 valence electrons. The fourth-order valence-corrected chi connectivity index (χ4v) is 2.25. The van der Waals surface area contributed by atoms with Gasteiger partial charge in [-0.1, -0.05) is 0 Å². The first-order valence-corrected chi connectivity index (χ1v) is 7.82. The molecule has 0 aromatic carbocycles. The second-order valence-corrected chi connectivity index (χ2v) is 6.37. The third kappa shape index (κ3) is 3.70. The molecule has 0 saturated carbocycles. The van der Waals surface area contributed by atoms with Crippen molar-refractivity contribution in [2.45, 2.75) is 26.4 Å². The van der Waals surface area contributed by atoms with Gasteiger partial charge in [0.15, 0.2) is 5.82 Å². The Hall–Kier alpha value is -3.67. The summed E-state index contributed by atoms with van der Waals surface area (Å²) in [6.45, 7) is 5.30. The lowest BCUT2D eigenvalue weighted by molar-refractivity contribution is 0.0635. The Kier molecular flexibility index (Phi) is 4.41. The van der Waals surface area contributed by atoms with Crippen molar-refractivity contribution in [3.05, 3.63) is 48.5 Å². The molecule has 9 nitrogen and oxygen atoms in total. The van der Waals surface area contributed by atoms with Crippen molar-refractivity contribution in [3.8, 4) is 17.6 Å². The number of hydrogen-bond acceptors (Lipinski definition) is 6. The number of carbonyl (C=O) groups excluding carboxylic acids is 1. The number of nitriles is 1. The quantitative estimate of drug-likeness (QED) is 0.776. The number of ether oxygens (including phenoxy) is 1. The average Bonchev–Trinajstić information content (AvgIpc) is 3.26. The maximum atomic E-state index is 12.1. The third-order valence-corrected chi connectivity index (χ3v) is 3.19. The minimum Gasteiger partial charge on any atom is -0.444 e. The molecule has 1 amide bonds. The molecular formula is C17H17N7O2. The molecule has 0 saturated heterocycles. The zero-order valence-corrected chi connectivity index (χ0v) is 14.5. The highest BCUT2D eigenvalue weighted by Crippen LogP contribution is 2.23. The highest BCUT2D eigenvalue weighted by Gasteiger charge is 2.20. The fraction of sp³-hybridized carbons (Fsp3) is 0.235. The maximum Gasteiger partial charge on any atom is 0.413 e. The van der Waals surface area contributed by atoms with E-state index < -0.39 is 11.7 Å². The van der Waals surface area contributed by atoms with Crippen molar-refractivity contribution in [2.75, 3.05) is 5.32 Å². The molecule has 1 N–H and O–H groups in total. The molecule has 3 aromatic heterocycles. The number of pyridine rings is 1. The van der Waals surface area contributed by atoms with Gasteiger partial charge in [0, 0.05) is 30.9 Å². The lowest BCUT2D eigenvalue weighted by atomic mass is 10.2. The van der Waals surface area contributed by atoms with Crippen LogP contribution in [0.1, 0.15) is 26.3 Å². The number of aromatic nitrogens is 5. The summed E-state index contributed by atoms with van der Waals surface area (Å²) in [6.07, 6.45) is 5.88. The van der Waals surface area contributed by atoms with E-state index in [1.807, 2.05) is 0 Å². The van der Waals surface area contributed by atoms with E-state index in [9.17, 15) is 10.1 Å². The van der Waals surface area contributed by atoms with Gasteiger partial charge >= 0.3 is 6.09 Å². The summed E-state index contributed by atoms with van der Waals surface area (Å²) in [7, 11) is 0. The smallest absolute Gasteiger partial charge is 0.413 e. The van der Waals surface area contributed by atoms with Crippen LogP contribution in [-0.4, -0.2) is 36.2 Å². The Labute approximate surface area is 149 Å². The van der Waals surface area contributed by atoms with Crippen molar-refractivity contribution >= 4 is 11.9 Å². The predicted octanol–water partition coefficient (Wildman–Crippen LogP) is 2.67. The summed E-state index contributed by atoms with van der Waals surface area (Å²) < 4.78 is 8.23. The topological polar surface area (TPSA) is 111 Å². The van der Waals surface area contributed by atoms with Gasteiger partial charge in [-0.3, -0.25) is 5.32 Å². The first-order valence-electron chi connectivity index (χ1n) is 7.82. The van der Waals surface area contributed by atoms with Crippen LogP contribution in [0, 0.1) is 11.3 Å². The highest BCUT2D eigenvalue weighted by molar-refractivity contribution is 5.84. The fourth-order valence-electron chi connectivity index (χ4n) is 2.25. The Morgan fingerprint density at radius 1 is 1.19 bits per heavy atom. The minimum absolute atomic E-state index is 0.217. The third-order valence-electron chi connectivity index (χ3n) is 3.19. The summed E-state index contributed by atoms with van der Waals surface area (Å²) in [5, 5.41) is 20.5. The molecule has 0 bridgehead atoms. The molecule has 0 spiro atoms. The number of hydrogen-bond donors (Lipinski definition) is 1. The molecule has 0 aliphatic carbocycles. The number of nitrogens with zero attached hydrogens (tertiary/aromatic N) is 6. The predicted molar refractivity (Wildman–Crippen MR) is 93.1 cm³/mol. The monoisotopic (exact) mass is 351 g/mol. The molecule has 3 heterocycles. The number of carbonyl (C=O) groups is 1. The first-order chi connectivity index (χ1) is 12.4. The minimum atomic E-state index is -0.647. The van der Waals surface area contributed by atoms with E-state index in [-0.39, 0.29) is 17.2 Å². The van der Waals surface area contributed by atoms with Crippen molar-refractivity contribution in [2.24, 2.45) is 0 Å². The van der Waals surface area contributed by atoms with Gasteiger partial charge in [0.2, 0.25) is 0 Å². The Morgan fingerprint density at radius 2 is 1.85 bits per heavy atom. The van der Waals surface area contributed by atoms with Crippen LogP contribution in [0.3, 0.4) is 0 Å². The molecular weight excluding hydrogens is 334 g/mol. The van der Waals surface area contributed by atoms with Gasteiger partial charge in [0.05, 0.1) is 5.69 Å². The van der Waals surface area contributed by atoms with Crippen LogP contribution in [-0.2, 0) is 4.74 Å². The number of nitrogens with one attached hydrogen (secondary N) is 1.